The van der Waals surface area contributed by atoms with E-state index in [-0.39, 0.29) is 19.3 Å². The van der Waals surface area contributed by atoms with Crippen molar-refractivity contribution in [2.24, 2.45) is 0 Å². The van der Waals surface area contributed by atoms with Crippen LogP contribution in [0.1, 0.15) is 17.5 Å². The maximum atomic E-state index is 6.32. The van der Waals surface area contributed by atoms with E-state index in [2.05, 4.69) is 0 Å². The van der Waals surface area contributed by atoms with E-state index < -0.39 is 5.56 Å². The zero-order valence-corrected chi connectivity index (χ0v) is 19.9. The minimum atomic E-state index is -0.499. The first-order valence-corrected chi connectivity index (χ1v) is 11.5. The highest BCUT2D eigenvalue weighted by molar-refractivity contribution is 6.31. The molecule has 2 unspecified atom stereocenters. The number of rotatable bonds is 10. The molecule has 3 aromatic carbocycles. The van der Waals surface area contributed by atoms with Crippen molar-refractivity contribution < 1.29 is 18.9 Å². The molecule has 1 aliphatic heterocycles. The molecule has 0 amide bonds. The number of hydrogen-bond donors (Lipinski definition) is 0. The van der Waals surface area contributed by atoms with Gasteiger partial charge in [-0.1, -0.05) is 46.4 Å². The number of alkyl halides is 1. The Morgan fingerprint density at radius 2 is 1.34 bits per heavy atom. The lowest BCUT2D eigenvalue weighted by atomic mass is 10.2. The molecule has 3 aromatic rings. The maximum Gasteiger partial charge on any atom is 0.174 e. The van der Waals surface area contributed by atoms with Crippen LogP contribution in [0.3, 0.4) is 0 Å². The molecular weight excluding hydrogens is 494 g/mol. The van der Waals surface area contributed by atoms with Gasteiger partial charge in [0.2, 0.25) is 0 Å². The highest BCUT2D eigenvalue weighted by Crippen LogP contribution is 2.30. The Kier molecular flexibility index (Phi) is 7.93. The molecule has 4 rings (SSSR count). The summed E-state index contributed by atoms with van der Waals surface area (Å²) in [6.07, 6.45) is 0.787. The number of ether oxygens (including phenoxy) is 4. The van der Waals surface area contributed by atoms with E-state index >= 15 is 0 Å². The van der Waals surface area contributed by atoms with Crippen molar-refractivity contribution in [3.8, 4) is 17.2 Å². The van der Waals surface area contributed by atoms with E-state index in [1.807, 2.05) is 12.1 Å². The third-order valence-corrected chi connectivity index (χ3v) is 5.73. The Morgan fingerprint density at radius 1 is 0.781 bits per heavy atom. The lowest BCUT2D eigenvalue weighted by Crippen LogP contribution is -2.13. The summed E-state index contributed by atoms with van der Waals surface area (Å²) in [5, 5.41) is 1.81. The Labute approximate surface area is 206 Å². The van der Waals surface area contributed by atoms with Gasteiger partial charge in [0.15, 0.2) is 5.56 Å². The number of hydrogen-bond acceptors (Lipinski definition) is 4. The van der Waals surface area contributed by atoms with Crippen LogP contribution in [0.15, 0.2) is 60.7 Å². The minimum absolute atomic E-state index is 0.168. The molecular formula is C24H20Cl4O4. The summed E-state index contributed by atoms with van der Waals surface area (Å²) in [5.41, 5.74) is 1.08. The van der Waals surface area contributed by atoms with E-state index in [0.717, 1.165) is 17.7 Å². The molecule has 168 valence electrons. The van der Waals surface area contributed by atoms with Crippen LogP contribution in [0.2, 0.25) is 15.1 Å². The Balaban J connectivity index is 1.45. The van der Waals surface area contributed by atoms with Gasteiger partial charge in [0.1, 0.15) is 30.5 Å². The fourth-order valence-electron chi connectivity index (χ4n) is 3.02. The first-order chi connectivity index (χ1) is 15.5. The molecule has 1 saturated heterocycles. The monoisotopic (exact) mass is 512 g/mol. The van der Waals surface area contributed by atoms with Crippen LogP contribution in [-0.2, 0) is 18.0 Å². The lowest BCUT2D eigenvalue weighted by molar-refractivity contribution is 0.235. The fourth-order valence-corrected chi connectivity index (χ4v) is 3.83. The zero-order chi connectivity index (χ0) is 22.5. The van der Waals surface area contributed by atoms with Gasteiger partial charge in [-0.25, -0.2) is 0 Å². The second-order valence-electron chi connectivity index (χ2n) is 7.25. The summed E-state index contributed by atoms with van der Waals surface area (Å²) in [5.74, 6) is 1.95. The first kappa shape index (κ1) is 23.3. The van der Waals surface area contributed by atoms with Gasteiger partial charge in [0, 0.05) is 32.6 Å². The highest BCUT2D eigenvalue weighted by atomic mass is 35.5. The zero-order valence-electron chi connectivity index (χ0n) is 16.9. The summed E-state index contributed by atoms with van der Waals surface area (Å²) in [7, 11) is 0. The van der Waals surface area contributed by atoms with Crippen LogP contribution in [0.4, 0.5) is 0 Å². The minimum Gasteiger partial charge on any atom is -0.489 e. The fraction of sp³-hybridized carbons (Fsp3) is 0.250. The quantitative estimate of drug-likeness (QED) is 0.207. The lowest BCUT2D eigenvalue weighted by Gasteiger charge is -2.17. The van der Waals surface area contributed by atoms with Gasteiger partial charge in [-0.3, -0.25) is 0 Å². The molecule has 0 radical (unpaired) electrons. The van der Waals surface area contributed by atoms with Crippen molar-refractivity contribution in [3.05, 3.63) is 86.9 Å². The third kappa shape index (κ3) is 6.84. The van der Waals surface area contributed by atoms with E-state index in [1.165, 1.54) is 0 Å². The largest absolute Gasteiger partial charge is 0.489 e. The summed E-state index contributed by atoms with van der Waals surface area (Å²) in [6, 6.07) is 17.9. The topological polar surface area (TPSA) is 40.2 Å². The molecule has 0 aromatic heterocycles. The van der Waals surface area contributed by atoms with E-state index in [0.29, 0.717) is 38.7 Å². The maximum absolute atomic E-state index is 6.32. The molecule has 2 atom stereocenters. The van der Waals surface area contributed by atoms with Crippen LogP contribution in [-0.4, -0.2) is 18.3 Å². The van der Waals surface area contributed by atoms with Crippen LogP contribution in [0.5, 0.6) is 17.2 Å². The Hall–Kier alpha value is -1.82. The van der Waals surface area contributed by atoms with Crippen molar-refractivity contribution in [2.75, 3.05) is 6.61 Å². The molecule has 0 spiro atoms. The predicted octanol–water partition coefficient (Wildman–Crippen LogP) is 7.54. The van der Waals surface area contributed by atoms with Crippen molar-refractivity contribution in [1.29, 1.82) is 0 Å². The van der Waals surface area contributed by atoms with Crippen molar-refractivity contribution in [3.63, 3.8) is 0 Å². The van der Waals surface area contributed by atoms with Crippen molar-refractivity contribution in [2.45, 2.75) is 31.3 Å². The van der Waals surface area contributed by atoms with Crippen LogP contribution in [0, 0.1) is 0 Å². The van der Waals surface area contributed by atoms with Crippen molar-refractivity contribution in [1.82, 2.24) is 0 Å². The summed E-state index contributed by atoms with van der Waals surface area (Å²) in [4.78, 5) is 0. The first-order valence-electron chi connectivity index (χ1n) is 9.96. The Morgan fingerprint density at radius 3 is 2.00 bits per heavy atom. The molecule has 32 heavy (non-hydrogen) atoms. The predicted molar refractivity (Wildman–Crippen MR) is 128 cm³/mol. The van der Waals surface area contributed by atoms with Gasteiger partial charge < -0.3 is 18.9 Å². The van der Waals surface area contributed by atoms with Crippen LogP contribution >= 0.6 is 46.4 Å². The number of benzene rings is 3. The standard InChI is InChI=1S/C24H20Cl4O4/c25-17-1-5-20(6-2-17)29-12-15-9-18(26)3-7-22(15)31-13-16-10-19(27)4-8-23(16)32-24(28)11-21-14-30-21/h1-10,21,24H,11-14H2. The van der Waals surface area contributed by atoms with Gasteiger partial charge in [0.25, 0.3) is 0 Å². The van der Waals surface area contributed by atoms with Crippen LogP contribution < -0.4 is 14.2 Å². The summed E-state index contributed by atoms with van der Waals surface area (Å²) >= 11 is 24.6. The van der Waals surface area contributed by atoms with E-state index in [4.69, 9.17) is 65.4 Å². The van der Waals surface area contributed by atoms with Gasteiger partial charge in [-0.2, -0.15) is 0 Å². The Bertz CT molecular complexity index is 1050. The molecule has 0 aliphatic carbocycles. The second kappa shape index (κ2) is 10.9. The van der Waals surface area contributed by atoms with Gasteiger partial charge >= 0.3 is 0 Å². The number of halogens is 4. The number of epoxide rings is 1. The third-order valence-electron chi connectivity index (χ3n) is 4.74. The molecule has 1 fully saturated rings. The van der Waals surface area contributed by atoms with E-state index in [1.54, 1.807) is 48.5 Å². The molecule has 4 nitrogen and oxygen atoms in total. The second-order valence-corrected chi connectivity index (χ2v) is 9.05. The van der Waals surface area contributed by atoms with E-state index in [9.17, 15) is 0 Å². The van der Waals surface area contributed by atoms with Crippen LogP contribution in [0.25, 0.3) is 0 Å². The molecule has 8 heteroatoms. The molecule has 0 N–H and O–H groups in total. The SMILES string of the molecule is Clc1ccc(OCc2cc(Cl)ccc2OCc2cc(Cl)ccc2OC(Cl)CC2CO2)cc1. The van der Waals surface area contributed by atoms with Crippen molar-refractivity contribution >= 4 is 46.4 Å². The molecule has 0 saturated carbocycles. The molecule has 0 bridgehead atoms. The van der Waals surface area contributed by atoms with Gasteiger partial charge in [0.05, 0.1) is 12.7 Å². The average Bonchev–Trinajstić information content (AvgIpc) is 3.58. The van der Waals surface area contributed by atoms with Gasteiger partial charge in [-0.15, -0.1) is 0 Å². The van der Waals surface area contributed by atoms with Gasteiger partial charge in [-0.05, 0) is 60.7 Å². The summed E-state index contributed by atoms with van der Waals surface area (Å²) in [6.45, 7) is 1.23. The summed E-state index contributed by atoms with van der Waals surface area (Å²) < 4.78 is 23.1. The smallest absolute Gasteiger partial charge is 0.174 e. The normalized spacial score (nSPS) is 15.8. The molecule has 1 heterocycles. The highest BCUT2D eigenvalue weighted by Gasteiger charge is 2.27. The molecule has 1 aliphatic rings. The average molecular weight is 514 g/mol.